The lowest BCUT2D eigenvalue weighted by atomic mass is 10.1. The van der Waals surface area contributed by atoms with E-state index in [1.54, 1.807) is 34.0 Å². The van der Waals surface area contributed by atoms with E-state index in [0.29, 0.717) is 29.0 Å². The van der Waals surface area contributed by atoms with Crippen molar-refractivity contribution in [1.82, 2.24) is 29.5 Å². The number of carbonyl (C=O) groups is 1. The number of amides is 1. The Bertz CT molecular complexity index is 1600. The molecule has 190 valence electrons. The molecule has 0 unspecified atom stereocenters. The smallest absolute Gasteiger partial charge is 0.251 e. The van der Waals surface area contributed by atoms with Crippen molar-refractivity contribution in [3.8, 4) is 11.4 Å². The number of halogens is 1. The zero-order valence-electron chi connectivity index (χ0n) is 20.3. The van der Waals surface area contributed by atoms with Crippen molar-refractivity contribution in [3.63, 3.8) is 0 Å². The van der Waals surface area contributed by atoms with Crippen LogP contribution in [0, 0.1) is 5.82 Å². The highest BCUT2D eigenvalue weighted by Gasteiger charge is 2.21. The Morgan fingerprint density at radius 2 is 2.00 bits per heavy atom. The summed E-state index contributed by atoms with van der Waals surface area (Å²) in [5, 5.41) is 10.0. The maximum atomic E-state index is 14.2. The number of nitrogens with two attached hydrogens (primary N) is 2. The minimum Gasteiger partial charge on any atom is -0.480 e. The summed E-state index contributed by atoms with van der Waals surface area (Å²) in [6.45, 7) is 4.72. The van der Waals surface area contributed by atoms with Gasteiger partial charge >= 0.3 is 0 Å². The molecule has 0 bridgehead atoms. The largest absolute Gasteiger partial charge is 0.480 e. The number of primary amides is 1. The van der Waals surface area contributed by atoms with Crippen molar-refractivity contribution >= 4 is 33.7 Å². The summed E-state index contributed by atoms with van der Waals surface area (Å²) >= 11 is 0. The van der Waals surface area contributed by atoms with E-state index >= 15 is 0 Å². The van der Waals surface area contributed by atoms with Crippen LogP contribution >= 0.6 is 0 Å². The molecule has 4 N–H and O–H groups in total. The molecule has 4 aromatic heterocycles. The van der Waals surface area contributed by atoms with Crippen LogP contribution in [0.15, 0.2) is 48.9 Å². The van der Waals surface area contributed by atoms with E-state index in [-0.39, 0.29) is 29.4 Å². The summed E-state index contributed by atoms with van der Waals surface area (Å²) in [5.74, 6) is -1.34. The van der Waals surface area contributed by atoms with Crippen LogP contribution in [0.2, 0.25) is 0 Å². The van der Waals surface area contributed by atoms with Crippen LogP contribution in [-0.4, -0.2) is 42.0 Å². The number of ether oxygens (including phenoxy) is 2. The molecule has 0 radical (unpaired) electrons. The van der Waals surface area contributed by atoms with Gasteiger partial charge in [-0.2, -0.15) is 10.2 Å². The first-order valence-electron chi connectivity index (χ1n) is 11.7. The van der Waals surface area contributed by atoms with Gasteiger partial charge in [-0.1, -0.05) is 6.92 Å². The minimum atomic E-state index is -0.882. The summed E-state index contributed by atoms with van der Waals surface area (Å²) in [6, 6.07) is 7.77. The summed E-state index contributed by atoms with van der Waals surface area (Å²) in [7, 11) is 0. The predicted molar refractivity (Wildman–Crippen MR) is 135 cm³/mol. The average molecular weight is 505 g/mol. The number of hydrogen-bond acceptors (Lipinski definition) is 8. The maximum Gasteiger partial charge on any atom is 0.251 e. The van der Waals surface area contributed by atoms with E-state index in [2.05, 4.69) is 15.2 Å². The van der Waals surface area contributed by atoms with Crippen molar-refractivity contribution in [1.29, 1.82) is 0 Å². The molecule has 1 atom stereocenters. The number of aromatic nitrogens is 6. The van der Waals surface area contributed by atoms with Crippen molar-refractivity contribution in [2.75, 3.05) is 12.3 Å². The molecule has 0 aliphatic carbocycles. The molecular formula is C25H25FN8O3. The molecule has 1 aromatic carbocycles. The number of nitrogen functional groups attached to an aromatic ring is 1. The Labute approximate surface area is 210 Å². The topological polar surface area (TPSA) is 149 Å². The van der Waals surface area contributed by atoms with E-state index in [1.807, 2.05) is 26.0 Å². The zero-order chi connectivity index (χ0) is 26.1. The third-order valence-electron chi connectivity index (χ3n) is 5.78. The molecule has 0 aliphatic heterocycles. The SMILES string of the molecule is CCCOCn1ncc2cc(-n3cccn3)c([C@H](C)Oc3cc4cc(C(N)=O)c(F)cc4nc3N)nc21. The average Bonchev–Trinajstić information content (AvgIpc) is 3.54. The molecule has 37 heavy (non-hydrogen) atoms. The fourth-order valence-electron chi connectivity index (χ4n) is 4.02. The lowest BCUT2D eigenvalue weighted by Gasteiger charge is -2.19. The lowest BCUT2D eigenvalue weighted by molar-refractivity contribution is 0.0718. The summed E-state index contributed by atoms with van der Waals surface area (Å²) in [6.07, 6.45) is 5.48. The zero-order valence-corrected chi connectivity index (χ0v) is 20.3. The second kappa shape index (κ2) is 9.82. The van der Waals surface area contributed by atoms with Crippen molar-refractivity contribution in [2.45, 2.75) is 33.1 Å². The van der Waals surface area contributed by atoms with E-state index in [0.717, 1.165) is 17.9 Å². The van der Waals surface area contributed by atoms with Gasteiger partial charge in [0.15, 0.2) is 17.2 Å². The van der Waals surface area contributed by atoms with E-state index in [1.165, 1.54) is 6.07 Å². The fourth-order valence-corrected chi connectivity index (χ4v) is 4.02. The molecule has 11 nitrogen and oxygen atoms in total. The quantitative estimate of drug-likeness (QED) is 0.290. The minimum absolute atomic E-state index is 0.0605. The first kappa shape index (κ1) is 24.1. The van der Waals surface area contributed by atoms with Crippen LogP contribution in [0.3, 0.4) is 0 Å². The van der Waals surface area contributed by atoms with Crippen molar-refractivity contribution in [2.24, 2.45) is 5.73 Å². The Morgan fingerprint density at radius 3 is 2.73 bits per heavy atom. The Hall–Kier alpha value is -4.58. The molecule has 12 heteroatoms. The number of nitrogens with zero attached hydrogens (tertiary/aromatic N) is 6. The second-order valence-electron chi connectivity index (χ2n) is 8.46. The van der Waals surface area contributed by atoms with E-state index < -0.39 is 17.8 Å². The molecule has 0 fully saturated rings. The molecule has 0 saturated carbocycles. The summed E-state index contributed by atoms with van der Waals surface area (Å²) in [4.78, 5) is 20.7. The maximum absolute atomic E-state index is 14.2. The molecular weight excluding hydrogens is 479 g/mol. The van der Waals surface area contributed by atoms with E-state index in [4.69, 9.17) is 25.9 Å². The monoisotopic (exact) mass is 504 g/mol. The molecule has 0 spiro atoms. The Kier molecular flexibility index (Phi) is 6.40. The predicted octanol–water partition coefficient (Wildman–Crippen LogP) is 3.51. The molecule has 4 heterocycles. The number of anilines is 1. The second-order valence-corrected chi connectivity index (χ2v) is 8.46. The molecule has 1 amide bonds. The number of fused-ring (bicyclic) bond motifs is 2. The van der Waals surface area contributed by atoms with Crippen LogP contribution in [0.5, 0.6) is 5.75 Å². The Balaban J connectivity index is 1.55. The first-order valence-corrected chi connectivity index (χ1v) is 11.7. The van der Waals surface area contributed by atoms with Gasteiger partial charge in [0.25, 0.3) is 5.91 Å². The van der Waals surface area contributed by atoms with Gasteiger partial charge in [-0.25, -0.2) is 23.7 Å². The third kappa shape index (κ3) is 4.66. The molecule has 0 aliphatic rings. The van der Waals surface area contributed by atoms with Crippen molar-refractivity contribution in [3.05, 3.63) is 66.0 Å². The first-order chi connectivity index (χ1) is 17.9. The van der Waals surface area contributed by atoms with Gasteiger partial charge < -0.3 is 20.9 Å². The standard InChI is InChI=1S/C25H25FN8O3/c1-3-7-36-13-34-25-16(12-30-34)9-20(33-6-4-5-29-33)22(32-25)14(2)37-21-10-15-8-17(24(28)35)18(26)11-19(15)31-23(21)27/h4-6,8-12,14H,3,7,13H2,1-2H3,(H2,27,31)(H2,28,35)/t14-/m0/s1. The fraction of sp³-hybridized carbons (Fsp3) is 0.240. The number of benzene rings is 1. The van der Waals surface area contributed by atoms with Gasteiger partial charge in [-0.15, -0.1) is 0 Å². The third-order valence-corrected chi connectivity index (χ3v) is 5.78. The number of rotatable bonds is 9. The van der Waals surface area contributed by atoms with E-state index in [9.17, 15) is 9.18 Å². The number of carbonyl (C=O) groups excluding carboxylic acids is 1. The van der Waals surface area contributed by atoms with Gasteiger partial charge in [0.05, 0.1) is 23.0 Å². The highest BCUT2D eigenvalue weighted by Crippen LogP contribution is 2.32. The van der Waals surface area contributed by atoms with Crippen LogP contribution in [0.25, 0.3) is 27.6 Å². The van der Waals surface area contributed by atoms with Gasteiger partial charge in [-0.3, -0.25) is 4.79 Å². The molecule has 0 saturated heterocycles. The van der Waals surface area contributed by atoms with Gasteiger partial charge in [0, 0.05) is 35.8 Å². The normalized spacial score (nSPS) is 12.3. The molecule has 5 rings (SSSR count). The van der Waals surface area contributed by atoms with Crippen LogP contribution in [-0.2, 0) is 11.5 Å². The highest BCUT2D eigenvalue weighted by atomic mass is 19.1. The lowest BCUT2D eigenvalue weighted by Crippen LogP contribution is -2.14. The van der Waals surface area contributed by atoms with Gasteiger partial charge in [0.1, 0.15) is 24.3 Å². The van der Waals surface area contributed by atoms with Gasteiger partial charge in [-0.05, 0) is 37.6 Å². The highest BCUT2D eigenvalue weighted by molar-refractivity contribution is 5.97. The van der Waals surface area contributed by atoms with Gasteiger partial charge in [0.2, 0.25) is 0 Å². The van der Waals surface area contributed by atoms with Crippen molar-refractivity contribution < 1.29 is 18.7 Å². The summed E-state index contributed by atoms with van der Waals surface area (Å²) in [5.41, 5.74) is 13.4. The van der Waals surface area contributed by atoms with Crippen LogP contribution in [0.1, 0.15) is 42.4 Å². The van der Waals surface area contributed by atoms with Crippen LogP contribution in [0.4, 0.5) is 10.2 Å². The Morgan fingerprint density at radius 1 is 1.16 bits per heavy atom. The molecule has 5 aromatic rings. The number of hydrogen-bond donors (Lipinski definition) is 2. The summed E-state index contributed by atoms with van der Waals surface area (Å²) < 4.78 is 29.4. The number of pyridine rings is 2. The van der Waals surface area contributed by atoms with Crippen LogP contribution < -0.4 is 16.2 Å².